The van der Waals surface area contributed by atoms with Gasteiger partial charge in [0.2, 0.25) is 0 Å². The summed E-state index contributed by atoms with van der Waals surface area (Å²) in [5.74, 6) is 1.57. The minimum atomic E-state index is -2.68. The third-order valence-corrected chi connectivity index (χ3v) is 12.2. The third-order valence-electron chi connectivity index (χ3n) is 7.17. The summed E-state index contributed by atoms with van der Waals surface area (Å²) in [7, 11) is 0.686. The van der Waals surface area contributed by atoms with Crippen LogP contribution >= 0.6 is 0 Å². The van der Waals surface area contributed by atoms with E-state index in [9.17, 15) is 4.79 Å². The van der Waals surface area contributed by atoms with Gasteiger partial charge in [-0.1, -0.05) is 101 Å². The van der Waals surface area contributed by atoms with Gasteiger partial charge in [-0.25, -0.2) is 0 Å². The van der Waals surface area contributed by atoms with Gasteiger partial charge in [0.1, 0.15) is 17.8 Å². The van der Waals surface area contributed by atoms with Crippen molar-refractivity contribution in [2.45, 2.75) is 70.9 Å². The molecular formula is C32H42O4Si. The summed E-state index contributed by atoms with van der Waals surface area (Å²) in [5, 5.41) is 2.38. The average Bonchev–Trinajstić information content (AvgIpc) is 2.91. The Morgan fingerprint density at radius 1 is 0.865 bits per heavy atom. The molecular weight excluding hydrogens is 476 g/mol. The molecule has 3 rings (SSSR count). The quantitative estimate of drug-likeness (QED) is 0.188. The van der Waals surface area contributed by atoms with E-state index >= 15 is 0 Å². The topological polar surface area (TPSA) is 44.8 Å². The van der Waals surface area contributed by atoms with Crippen molar-refractivity contribution < 1.29 is 18.7 Å². The number of rotatable bonds is 13. The molecule has 3 aromatic carbocycles. The predicted molar refractivity (Wildman–Crippen MR) is 155 cm³/mol. The Morgan fingerprint density at radius 2 is 1.38 bits per heavy atom. The van der Waals surface area contributed by atoms with Crippen molar-refractivity contribution >= 4 is 25.0 Å². The highest BCUT2D eigenvalue weighted by molar-refractivity contribution is 6.99. The Balaban J connectivity index is 2.08. The zero-order valence-corrected chi connectivity index (χ0v) is 24.3. The highest BCUT2D eigenvalue weighted by Gasteiger charge is 2.50. The van der Waals surface area contributed by atoms with Crippen molar-refractivity contribution in [3.8, 4) is 11.5 Å². The van der Waals surface area contributed by atoms with Crippen molar-refractivity contribution in [1.29, 1.82) is 0 Å². The largest absolute Gasteiger partial charge is 0.496 e. The number of carbonyl (C=O) groups excluding carboxylic acids is 1. The molecule has 0 aromatic heterocycles. The molecule has 0 unspecified atom stereocenters. The number of benzene rings is 3. The van der Waals surface area contributed by atoms with E-state index in [0.717, 1.165) is 48.2 Å². The number of carbonyl (C=O) groups is 1. The molecule has 0 fully saturated rings. The Morgan fingerprint density at radius 3 is 1.78 bits per heavy atom. The molecule has 0 heterocycles. The van der Waals surface area contributed by atoms with Crippen LogP contribution in [0.3, 0.4) is 0 Å². The van der Waals surface area contributed by atoms with Gasteiger partial charge in [0.25, 0.3) is 8.32 Å². The lowest BCUT2D eigenvalue weighted by molar-refractivity contribution is -0.108. The van der Waals surface area contributed by atoms with Crippen LogP contribution in [-0.4, -0.2) is 28.8 Å². The van der Waals surface area contributed by atoms with Gasteiger partial charge in [0.05, 0.1) is 20.8 Å². The minimum Gasteiger partial charge on any atom is -0.496 e. The fourth-order valence-electron chi connectivity index (χ4n) is 5.38. The van der Waals surface area contributed by atoms with Crippen LogP contribution in [0.25, 0.3) is 0 Å². The summed E-state index contributed by atoms with van der Waals surface area (Å²) in [6.07, 6.45) is 4.48. The molecule has 0 amide bonds. The van der Waals surface area contributed by atoms with E-state index in [4.69, 9.17) is 13.9 Å². The summed E-state index contributed by atoms with van der Waals surface area (Å²) in [6, 6.07) is 25.4. The van der Waals surface area contributed by atoms with Gasteiger partial charge in [-0.05, 0) is 45.4 Å². The van der Waals surface area contributed by atoms with E-state index in [-0.39, 0.29) is 11.0 Å². The Hall–Kier alpha value is -2.89. The monoisotopic (exact) mass is 518 g/mol. The second-order valence-electron chi connectivity index (χ2n) is 10.6. The predicted octanol–water partition coefficient (Wildman–Crippen LogP) is 6.64. The van der Waals surface area contributed by atoms with Gasteiger partial charge in [-0.15, -0.1) is 0 Å². The van der Waals surface area contributed by atoms with Crippen molar-refractivity contribution in [2.24, 2.45) is 0 Å². The maximum atomic E-state index is 11.5. The zero-order chi connectivity index (χ0) is 26.9. The van der Waals surface area contributed by atoms with Gasteiger partial charge >= 0.3 is 0 Å². The van der Waals surface area contributed by atoms with E-state index < -0.39 is 8.32 Å². The summed E-state index contributed by atoms with van der Waals surface area (Å²) < 4.78 is 18.9. The summed E-state index contributed by atoms with van der Waals surface area (Å²) in [6.45, 7) is 9.43. The van der Waals surface area contributed by atoms with Crippen LogP contribution < -0.4 is 19.8 Å². The molecule has 0 bridgehead atoms. The lowest BCUT2D eigenvalue weighted by Crippen LogP contribution is -2.66. The molecule has 4 nitrogen and oxygen atoms in total. The SMILES string of the molecule is CCCC[C@@H](CC=O)c1c(OC)cc(CO[Si](c2ccccc2)(c2ccccc2)C(C)(C)C)cc1OC. The van der Waals surface area contributed by atoms with Gasteiger partial charge in [-0.2, -0.15) is 0 Å². The molecule has 198 valence electrons. The lowest BCUT2D eigenvalue weighted by Gasteiger charge is -2.43. The molecule has 1 atom stereocenters. The first-order valence-corrected chi connectivity index (χ1v) is 15.2. The third kappa shape index (κ3) is 6.34. The maximum absolute atomic E-state index is 11.5. The molecule has 0 aliphatic heterocycles. The van der Waals surface area contributed by atoms with Crippen LogP contribution in [0.1, 0.15) is 70.4 Å². The van der Waals surface area contributed by atoms with Crippen molar-refractivity contribution in [2.75, 3.05) is 14.2 Å². The lowest BCUT2D eigenvalue weighted by atomic mass is 9.89. The van der Waals surface area contributed by atoms with Crippen LogP contribution in [0.15, 0.2) is 72.8 Å². The van der Waals surface area contributed by atoms with Gasteiger partial charge in [-0.3, -0.25) is 0 Å². The van der Waals surface area contributed by atoms with Crippen LogP contribution in [0.5, 0.6) is 11.5 Å². The smallest absolute Gasteiger partial charge is 0.261 e. The highest BCUT2D eigenvalue weighted by atomic mass is 28.4. The average molecular weight is 519 g/mol. The first kappa shape index (κ1) is 28.7. The standard InChI is InChI=1S/C32H42O4Si/c1-7-8-15-26(20-21-33)31-29(34-5)22-25(23-30(31)35-6)24-36-37(32(2,3)4,27-16-11-9-12-17-27)28-18-13-10-14-19-28/h9-14,16-19,21-23,26H,7-8,15,20,24H2,1-6H3/t26-/m0/s1. The molecule has 5 heteroatoms. The molecule has 3 aromatic rings. The van der Waals surface area contributed by atoms with Gasteiger partial charge in [0.15, 0.2) is 0 Å². The maximum Gasteiger partial charge on any atom is 0.261 e. The first-order valence-electron chi connectivity index (χ1n) is 13.3. The second-order valence-corrected chi connectivity index (χ2v) is 14.9. The molecule has 37 heavy (non-hydrogen) atoms. The molecule has 0 saturated heterocycles. The van der Waals surface area contributed by atoms with E-state index in [2.05, 4.69) is 100 Å². The number of hydrogen-bond acceptors (Lipinski definition) is 4. The Labute approximate surface area is 224 Å². The van der Waals surface area contributed by atoms with Crippen LogP contribution in [0.2, 0.25) is 5.04 Å². The molecule has 0 radical (unpaired) electrons. The number of ether oxygens (including phenoxy) is 2. The molecule has 0 N–H and O–H groups in total. The van der Waals surface area contributed by atoms with Crippen LogP contribution in [0, 0.1) is 0 Å². The fourth-order valence-corrected chi connectivity index (χ4v) is 9.92. The van der Waals surface area contributed by atoms with Crippen LogP contribution in [0.4, 0.5) is 0 Å². The van der Waals surface area contributed by atoms with Gasteiger partial charge < -0.3 is 18.7 Å². The van der Waals surface area contributed by atoms with E-state index in [1.165, 1.54) is 10.4 Å². The van der Waals surface area contributed by atoms with Gasteiger partial charge in [0, 0.05) is 12.0 Å². The Bertz CT molecular complexity index is 1060. The van der Waals surface area contributed by atoms with Crippen molar-refractivity contribution in [3.05, 3.63) is 83.9 Å². The normalized spacial score (nSPS) is 12.7. The van der Waals surface area contributed by atoms with E-state index in [0.29, 0.717) is 13.0 Å². The highest BCUT2D eigenvalue weighted by Crippen LogP contribution is 2.42. The number of unbranched alkanes of at least 4 members (excludes halogenated alkanes) is 1. The number of hydrogen-bond donors (Lipinski definition) is 0. The van der Waals surface area contributed by atoms with Crippen molar-refractivity contribution in [1.82, 2.24) is 0 Å². The summed E-state index contributed by atoms with van der Waals surface area (Å²) in [5.41, 5.74) is 1.96. The second kappa shape index (κ2) is 13.1. The van der Waals surface area contributed by atoms with Crippen LogP contribution in [-0.2, 0) is 15.8 Å². The fraction of sp³-hybridized carbons (Fsp3) is 0.406. The Kier molecular flexibility index (Phi) is 10.1. The van der Waals surface area contributed by atoms with Crippen molar-refractivity contribution in [3.63, 3.8) is 0 Å². The van der Waals surface area contributed by atoms with E-state index in [1.54, 1.807) is 14.2 Å². The first-order chi connectivity index (χ1) is 17.8. The summed E-state index contributed by atoms with van der Waals surface area (Å²) >= 11 is 0. The van der Waals surface area contributed by atoms with E-state index in [1.807, 2.05) is 0 Å². The molecule has 0 spiro atoms. The number of methoxy groups -OCH3 is 2. The molecule has 0 saturated carbocycles. The minimum absolute atomic E-state index is 0.0639. The number of aldehydes is 1. The zero-order valence-electron chi connectivity index (χ0n) is 23.3. The molecule has 0 aliphatic carbocycles. The molecule has 0 aliphatic rings. The summed E-state index contributed by atoms with van der Waals surface area (Å²) in [4.78, 5) is 11.5.